The number of amidine groups is 1. The number of nitrogens with zero attached hydrogens (tertiary/aromatic N) is 3. The van der Waals surface area contributed by atoms with Crippen LogP contribution in [-0.4, -0.2) is 69.6 Å². The number of para-hydroxylation sites is 2. The van der Waals surface area contributed by atoms with E-state index in [4.69, 9.17) is 32.7 Å². The number of amides is 1. The smallest absolute Gasteiger partial charge is 0.260 e. The SMILES string of the molecule is COc1ccccc1N1CCN(CCOc2c(Cl)cc(C3=NCC(=O)NN3)cc2Cl)CC1. The molecule has 0 radical (unpaired) electrons. The maximum absolute atomic E-state index is 11.2. The van der Waals surface area contributed by atoms with Crippen molar-refractivity contribution in [1.82, 2.24) is 15.8 Å². The third kappa shape index (κ3) is 5.20. The van der Waals surface area contributed by atoms with Crippen LogP contribution in [0.25, 0.3) is 0 Å². The second kappa shape index (κ2) is 10.3. The van der Waals surface area contributed by atoms with Crippen LogP contribution in [0.15, 0.2) is 41.4 Å². The molecule has 170 valence electrons. The molecule has 2 N–H and O–H groups in total. The topological polar surface area (TPSA) is 78.4 Å². The van der Waals surface area contributed by atoms with Gasteiger partial charge in [-0.15, -0.1) is 0 Å². The number of nitrogens with one attached hydrogen (secondary N) is 2. The molecule has 0 atom stereocenters. The van der Waals surface area contributed by atoms with Gasteiger partial charge in [-0.25, -0.2) is 0 Å². The van der Waals surface area contributed by atoms with E-state index in [1.165, 1.54) is 0 Å². The number of carbonyl (C=O) groups excluding carboxylic acids is 1. The molecule has 0 aliphatic carbocycles. The first-order valence-corrected chi connectivity index (χ1v) is 11.1. The minimum Gasteiger partial charge on any atom is -0.495 e. The number of benzene rings is 2. The van der Waals surface area contributed by atoms with Crippen molar-refractivity contribution in [3.63, 3.8) is 0 Å². The summed E-state index contributed by atoms with van der Waals surface area (Å²) in [6.45, 7) is 5.00. The molecule has 10 heteroatoms. The molecule has 1 amide bonds. The largest absolute Gasteiger partial charge is 0.495 e. The summed E-state index contributed by atoms with van der Waals surface area (Å²) in [4.78, 5) is 20.1. The molecule has 4 rings (SSSR count). The summed E-state index contributed by atoms with van der Waals surface area (Å²) in [5.41, 5.74) is 7.07. The number of hydrazine groups is 1. The molecular weight excluding hydrogens is 453 g/mol. The average Bonchev–Trinajstić information content (AvgIpc) is 2.81. The van der Waals surface area contributed by atoms with Crippen LogP contribution in [0.5, 0.6) is 11.5 Å². The van der Waals surface area contributed by atoms with Crippen molar-refractivity contribution >= 4 is 40.6 Å². The van der Waals surface area contributed by atoms with Crippen molar-refractivity contribution in [1.29, 1.82) is 0 Å². The predicted octanol–water partition coefficient (Wildman–Crippen LogP) is 2.58. The molecule has 8 nitrogen and oxygen atoms in total. The van der Waals surface area contributed by atoms with E-state index in [0.29, 0.717) is 33.8 Å². The second-order valence-electron chi connectivity index (χ2n) is 7.46. The van der Waals surface area contributed by atoms with Gasteiger partial charge in [-0.2, -0.15) is 0 Å². The summed E-state index contributed by atoms with van der Waals surface area (Å²) in [6.07, 6.45) is 0. The van der Waals surface area contributed by atoms with Crippen LogP contribution in [0.3, 0.4) is 0 Å². The number of ether oxygens (including phenoxy) is 2. The number of hydrogen-bond acceptors (Lipinski definition) is 7. The van der Waals surface area contributed by atoms with Crippen molar-refractivity contribution in [2.75, 3.05) is 57.9 Å². The lowest BCUT2D eigenvalue weighted by molar-refractivity contribution is -0.120. The zero-order valence-corrected chi connectivity index (χ0v) is 19.2. The van der Waals surface area contributed by atoms with Gasteiger partial charge in [0.2, 0.25) is 0 Å². The number of carbonyl (C=O) groups is 1. The lowest BCUT2D eigenvalue weighted by Crippen LogP contribution is -2.47. The highest BCUT2D eigenvalue weighted by molar-refractivity contribution is 6.37. The van der Waals surface area contributed by atoms with Crippen LogP contribution in [-0.2, 0) is 4.79 Å². The van der Waals surface area contributed by atoms with E-state index in [0.717, 1.165) is 44.2 Å². The first-order chi connectivity index (χ1) is 15.5. The third-order valence-electron chi connectivity index (χ3n) is 5.42. The minimum absolute atomic E-state index is 0.0557. The molecule has 2 aliphatic heterocycles. The van der Waals surface area contributed by atoms with Gasteiger partial charge in [-0.1, -0.05) is 35.3 Å². The normalized spacial score (nSPS) is 16.8. The predicted molar refractivity (Wildman–Crippen MR) is 126 cm³/mol. The van der Waals surface area contributed by atoms with Crippen LogP contribution in [0, 0.1) is 0 Å². The molecule has 0 saturated carbocycles. The number of halogens is 2. The van der Waals surface area contributed by atoms with Crippen LogP contribution in [0.2, 0.25) is 10.0 Å². The minimum atomic E-state index is -0.199. The van der Waals surface area contributed by atoms with Crippen LogP contribution < -0.4 is 25.2 Å². The summed E-state index contributed by atoms with van der Waals surface area (Å²) < 4.78 is 11.4. The Kier molecular flexibility index (Phi) is 7.24. The van der Waals surface area contributed by atoms with E-state index in [-0.39, 0.29) is 12.5 Å². The number of anilines is 1. The number of rotatable bonds is 7. The fourth-order valence-corrected chi connectivity index (χ4v) is 4.33. The van der Waals surface area contributed by atoms with Gasteiger partial charge in [0.15, 0.2) is 5.75 Å². The van der Waals surface area contributed by atoms with Crippen LogP contribution in [0.1, 0.15) is 5.56 Å². The fourth-order valence-electron chi connectivity index (χ4n) is 3.74. The maximum atomic E-state index is 11.2. The van der Waals surface area contributed by atoms with Crippen molar-refractivity contribution in [2.45, 2.75) is 0 Å². The summed E-state index contributed by atoms with van der Waals surface area (Å²) in [5, 5.41) is 0.796. The molecule has 32 heavy (non-hydrogen) atoms. The van der Waals surface area contributed by atoms with Gasteiger partial charge in [0.1, 0.15) is 24.7 Å². The fraction of sp³-hybridized carbons (Fsp3) is 0.364. The highest BCUT2D eigenvalue weighted by Gasteiger charge is 2.20. The Morgan fingerprint density at radius 3 is 2.44 bits per heavy atom. The first-order valence-electron chi connectivity index (χ1n) is 10.4. The molecule has 1 saturated heterocycles. The van der Waals surface area contributed by atoms with Crippen LogP contribution in [0.4, 0.5) is 5.69 Å². The average molecular weight is 478 g/mol. The van der Waals surface area contributed by atoms with E-state index in [2.05, 4.69) is 31.7 Å². The first kappa shape index (κ1) is 22.5. The second-order valence-corrected chi connectivity index (χ2v) is 8.27. The molecule has 0 bridgehead atoms. The molecule has 0 spiro atoms. The Bertz CT molecular complexity index is 986. The number of piperazine rings is 1. The van der Waals surface area contributed by atoms with Gasteiger partial charge in [0.05, 0.1) is 22.8 Å². The standard InChI is InChI=1S/C22H25Cl2N5O3/c1-31-19-5-3-2-4-18(19)29-8-6-28(7-9-29)10-11-32-21-16(23)12-15(13-17(21)24)22-25-14-20(30)26-27-22/h2-5,12-13H,6-11,14H2,1H3,(H,25,27)(H,26,30). The Labute approximate surface area is 197 Å². The zero-order valence-electron chi connectivity index (χ0n) is 17.7. The highest BCUT2D eigenvalue weighted by Crippen LogP contribution is 2.34. The summed E-state index contributed by atoms with van der Waals surface area (Å²) in [6, 6.07) is 11.5. The Morgan fingerprint density at radius 1 is 1.06 bits per heavy atom. The summed E-state index contributed by atoms with van der Waals surface area (Å²) >= 11 is 12.8. The number of methoxy groups -OCH3 is 1. The lowest BCUT2D eigenvalue weighted by Gasteiger charge is -2.36. The van der Waals surface area contributed by atoms with Crippen molar-refractivity contribution in [3.05, 3.63) is 52.0 Å². The molecular formula is C22H25Cl2N5O3. The van der Waals surface area contributed by atoms with E-state index >= 15 is 0 Å². The molecule has 1 fully saturated rings. The Morgan fingerprint density at radius 2 is 1.78 bits per heavy atom. The quantitative estimate of drug-likeness (QED) is 0.637. The van der Waals surface area contributed by atoms with E-state index in [1.54, 1.807) is 19.2 Å². The van der Waals surface area contributed by atoms with Gasteiger partial charge in [-0.05, 0) is 24.3 Å². The maximum Gasteiger partial charge on any atom is 0.260 e. The van der Waals surface area contributed by atoms with Crippen LogP contribution >= 0.6 is 23.2 Å². The van der Waals surface area contributed by atoms with E-state index < -0.39 is 0 Å². The van der Waals surface area contributed by atoms with Gasteiger partial charge >= 0.3 is 0 Å². The third-order valence-corrected chi connectivity index (χ3v) is 5.99. The van der Waals surface area contributed by atoms with Gasteiger partial charge < -0.3 is 14.4 Å². The Hall–Kier alpha value is -2.68. The zero-order chi connectivity index (χ0) is 22.5. The van der Waals surface area contributed by atoms with Gasteiger partial charge in [-0.3, -0.25) is 25.5 Å². The number of aliphatic imine (C=N–C) groups is 1. The molecule has 2 aromatic rings. The van der Waals surface area contributed by atoms with Gasteiger partial charge in [0.25, 0.3) is 5.91 Å². The molecule has 0 unspecified atom stereocenters. The van der Waals surface area contributed by atoms with E-state index in [9.17, 15) is 4.79 Å². The molecule has 2 heterocycles. The monoisotopic (exact) mass is 477 g/mol. The van der Waals surface area contributed by atoms with E-state index in [1.807, 2.05) is 18.2 Å². The molecule has 2 aromatic carbocycles. The number of hydrogen-bond donors (Lipinski definition) is 2. The van der Waals surface area contributed by atoms with Crippen molar-refractivity contribution in [2.24, 2.45) is 4.99 Å². The van der Waals surface area contributed by atoms with Gasteiger partial charge in [0, 0.05) is 38.3 Å². The summed E-state index contributed by atoms with van der Waals surface area (Å²) in [5.74, 6) is 1.65. The molecule has 0 aromatic heterocycles. The molecule has 2 aliphatic rings. The summed E-state index contributed by atoms with van der Waals surface area (Å²) in [7, 11) is 1.70. The Balaban J connectivity index is 1.29. The van der Waals surface area contributed by atoms with Crippen molar-refractivity contribution < 1.29 is 14.3 Å². The van der Waals surface area contributed by atoms with Crippen molar-refractivity contribution in [3.8, 4) is 11.5 Å². The lowest BCUT2D eigenvalue weighted by atomic mass is 10.2. The highest BCUT2D eigenvalue weighted by atomic mass is 35.5.